The molecule has 0 aliphatic carbocycles. The molecule has 0 saturated carbocycles. The Kier molecular flexibility index (Phi) is 2.82. The highest BCUT2D eigenvalue weighted by Gasteiger charge is 2.21. The van der Waals surface area contributed by atoms with Crippen LogP contribution >= 0.6 is 11.6 Å². The van der Waals surface area contributed by atoms with E-state index in [4.69, 9.17) is 11.6 Å². The lowest BCUT2D eigenvalue weighted by atomic mass is 10.3. The zero-order valence-corrected chi connectivity index (χ0v) is 9.13. The van der Waals surface area contributed by atoms with Gasteiger partial charge in [0, 0.05) is 13.0 Å². The summed E-state index contributed by atoms with van der Waals surface area (Å²) in [5.74, 6) is 0.0113. The summed E-state index contributed by atoms with van der Waals surface area (Å²) < 4.78 is 0. The fourth-order valence-corrected chi connectivity index (χ4v) is 1.84. The third kappa shape index (κ3) is 2.01. The van der Waals surface area contributed by atoms with Gasteiger partial charge in [-0.15, -0.1) is 0 Å². The molecule has 2 heterocycles. The fourth-order valence-electron chi connectivity index (χ4n) is 1.69. The third-order valence-corrected chi connectivity index (χ3v) is 2.88. The van der Waals surface area contributed by atoms with E-state index < -0.39 is 11.2 Å². The molecule has 0 atom stereocenters. The van der Waals surface area contributed by atoms with Gasteiger partial charge in [0.1, 0.15) is 5.02 Å². The Hall–Kier alpha value is -1.56. The lowest BCUT2D eigenvalue weighted by Gasteiger charge is -2.15. The number of rotatable bonds is 2. The predicted octanol–water partition coefficient (Wildman–Crippen LogP) is -0.161. The molecule has 0 bridgehead atoms. The molecular weight excluding hydrogens is 234 g/mol. The first-order valence-electron chi connectivity index (χ1n) is 4.86. The summed E-state index contributed by atoms with van der Waals surface area (Å²) in [7, 11) is 0. The van der Waals surface area contributed by atoms with E-state index in [0.29, 0.717) is 13.0 Å². The molecule has 0 unspecified atom stereocenters. The molecule has 1 aromatic heterocycles. The summed E-state index contributed by atoms with van der Waals surface area (Å²) in [5, 5.41) is -0.0701. The van der Waals surface area contributed by atoms with Crippen LogP contribution in [0.5, 0.6) is 0 Å². The molecule has 6 nitrogen and oxygen atoms in total. The molecule has 1 saturated heterocycles. The van der Waals surface area contributed by atoms with Crippen LogP contribution in [0.3, 0.4) is 0 Å². The van der Waals surface area contributed by atoms with Gasteiger partial charge in [-0.25, -0.2) is 4.79 Å². The van der Waals surface area contributed by atoms with Crippen LogP contribution in [0.1, 0.15) is 18.5 Å². The lowest BCUT2D eigenvalue weighted by Crippen LogP contribution is -2.30. The fraction of sp³-hybridized carbons (Fsp3) is 0.444. The number of carbonyl (C=O) groups is 1. The van der Waals surface area contributed by atoms with Gasteiger partial charge in [-0.3, -0.25) is 14.6 Å². The van der Waals surface area contributed by atoms with E-state index in [0.717, 1.165) is 6.42 Å². The number of hydrogen-bond donors (Lipinski definition) is 2. The first-order chi connectivity index (χ1) is 7.58. The Balaban J connectivity index is 2.31. The largest absolute Gasteiger partial charge is 0.337 e. The van der Waals surface area contributed by atoms with E-state index in [1.165, 1.54) is 0 Å². The number of amides is 1. The molecule has 7 heteroatoms. The first-order valence-corrected chi connectivity index (χ1v) is 5.24. The van der Waals surface area contributed by atoms with Crippen molar-refractivity contribution in [1.29, 1.82) is 0 Å². The number of hydrogen-bond acceptors (Lipinski definition) is 3. The van der Waals surface area contributed by atoms with E-state index in [1.54, 1.807) is 4.90 Å². The van der Waals surface area contributed by atoms with Gasteiger partial charge in [-0.1, -0.05) is 11.6 Å². The van der Waals surface area contributed by atoms with Crippen LogP contribution in [0.15, 0.2) is 9.59 Å². The minimum absolute atomic E-state index is 0.0113. The Bertz CT molecular complexity index is 534. The summed E-state index contributed by atoms with van der Waals surface area (Å²) in [6, 6.07) is 0. The minimum Gasteiger partial charge on any atom is -0.337 e. The van der Waals surface area contributed by atoms with Crippen LogP contribution in [0.4, 0.5) is 0 Å². The average molecular weight is 244 g/mol. The number of halogens is 1. The second-order valence-electron chi connectivity index (χ2n) is 3.62. The molecule has 2 rings (SSSR count). The number of H-pyrrole nitrogens is 2. The van der Waals surface area contributed by atoms with Crippen molar-refractivity contribution in [3.63, 3.8) is 0 Å². The van der Waals surface area contributed by atoms with Crippen molar-refractivity contribution >= 4 is 17.5 Å². The topological polar surface area (TPSA) is 86.0 Å². The van der Waals surface area contributed by atoms with Gasteiger partial charge >= 0.3 is 5.69 Å². The molecule has 1 aliphatic rings. The van der Waals surface area contributed by atoms with Crippen molar-refractivity contribution in [2.45, 2.75) is 19.4 Å². The van der Waals surface area contributed by atoms with E-state index in [9.17, 15) is 14.4 Å². The Labute approximate surface area is 95.2 Å². The average Bonchev–Trinajstić information content (AvgIpc) is 2.60. The van der Waals surface area contributed by atoms with E-state index in [2.05, 4.69) is 4.98 Å². The molecule has 1 fully saturated rings. The molecule has 1 aliphatic heterocycles. The van der Waals surface area contributed by atoms with Crippen molar-refractivity contribution in [2.75, 3.05) is 6.54 Å². The van der Waals surface area contributed by atoms with Crippen LogP contribution in [-0.4, -0.2) is 27.3 Å². The smallest absolute Gasteiger partial charge is 0.326 e. The zero-order valence-electron chi connectivity index (χ0n) is 8.38. The number of carbonyl (C=O) groups excluding carboxylic acids is 1. The molecular formula is C9H10ClN3O3. The Morgan fingerprint density at radius 1 is 1.25 bits per heavy atom. The third-order valence-electron chi connectivity index (χ3n) is 2.48. The van der Waals surface area contributed by atoms with Crippen LogP contribution < -0.4 is 11.2 Å². The van der Waals surface area contributed by atoms with Gasteiger partial charge in [0.25, 0.3) is 5.56 Å². The zero-order chi connectivity index (χ0) is 11.7. The van der Waals surface area contributed by atoms with Crippen molar-refractivity contribution in [2.24, 2.45) is 0 Å². The Morgan fingerprint density at radius 2 is 2.00 bits per heavy atom. The summed E-state index contributed by atoms with van der Waals surface area (Å²) in [6.45, 7) is 0.806. The van der Waals surface area contributed by atoms with Crippen LogP contribution in [0.2, 0.25) is 5.02 Å². The normalized spacial score (nSPS) is 15.8. The second-order valence-corrected chi connectivity index (χ2v) is 4.00. The van der Waals surface area contributed by atoms with Gasteiger partial charge in [-0.05, 0) is 6.42 Å². The van der Waals surface area contributed by atoms with Crippen molar-refractivity contribution in [1.82, 2.24) is 14.9 Å². The molecule has 0 radical (unpaired) electrons. The number of aromatic amines is 2. The predicted molar refractivity (Wildman–Crippen MR) is 57.3 cm³/mol. The first kappa shape index (κ1) is 10.9. The van der Waals surface area contributed by atoms with Crippen molar-refractivity contribution in [3.05, 3.63) is 31.6 Å². The molecule has 1 amide bonds. The minimum atomic E-state index is -0.632. The number of aromatic nitrogens is 2. The molecule has 1 aromatic rings. The molecule has 86 valence electrons. The highest BCUT2D eigenvalue weighted by Crippen LogP contribution is 2.15. The molecule has 0 spiro atoms. The highest BCUT2D eigenvalue weighted by atomic mass is 35.5. The second kappa shape index (κ2) is 4.13. The van der Waals surface area contributed by atoms with Crippen molar-refractivity contribution < 1.29 is 4.79 Å². The maximum atomic E-state index is 11.4. The van der Waals surface area contributed by atoms with Gasteiger partial charge in [-0.2, -0.15) is 0 Å². The van der Waals surface area contributed by atoms with Gasteiger partial charge in [0.05, 0.1) is 12.2 Å². The van der Waals surface area contributed by atoms with E-state index in [-0.39, 0.29) is 23.2 Å². The van der Waals surface area contributed by atoms with Gasteiger partial charge in [0.2, 0.25) is 5.91 Å². The summed E-state index contributed by atoms with van der Waals surface area (Å²) in [6.07, 6.45) is 1.30. The molecule has 2 N–H and O–H groups in total. The molecule has 16 heavy (non-hydrogen) atoms. The summed E-state index contributed by atoms with van der Waals surface area (Å²) >= 11 is 5.74. The standard InChI is InChI=1S/C9H10ClN3O3/c10-7-5(11-9(16)12-8(7)15)4-13-3-1-2-6(13)14/h1-4H2,(H2,11,12,15,16). The highest BCUT2D eigenvalue weighted by molar-refractivity contribution is 6.31. The lowest BCUT2D eigenvalue weighted by molar-refractivity contribution is -0.128. The Morgan fingerprint density at radius 3 is 2.62 bits per heavy atom. The van der Waals surface area contributed by atoms with E-state index >= 15 is 0 Å². The summed E-state index contributed by atoms with van der Waals surface area (Å²) in [5.41, 5.74) is -0.964. The van der Waals surface area contributed by atoms with Crippen LogP contribution in [0, 0.1) is 0 Å². The number of likely N-dealkylation sites (tertiary alicyclic amines) is 1. The monoisotopic (exact) mass is 243 g/mol. The van der Waals surface area contributed by atoms with Gasteiger partial charge < -0.3 is 9.88 Å². The van der Waals surface area contributed by atoms with Gasteiger partial charge in [0.15, 0.2) is 0 Å². The van der Waals surface area contributed by atoms with Crippen LogP contribution in [0.25, 0.3) is 0 Å². The quantitative estimate of drug-likeness (QED) is 0.757. The maximum Gasteiger partial charge on any atom is 0.326 e. The SMILES string of the molecule is O=C1CCCN1Cc1[nH]c(=O)[nH]c(=O)c1Cl. The summed E-state index contributed by atoms with van der Waals surface area (Å²) in [4.78, 5) is 39.6. The molecule has 0 aromatic carbocycles. The van der Waals surface area contributed by atoms with Crippen molar-refractivity contribution in [3.8, 4) is 0 Å². The van der Waals surface area contributed by atoms with E-state index in [1.807, 2.05) is 4.98 Å². The number of nitrogens with zero attached hydrogens (tertiary/aromatic N) is 1. The van der Waals surface area contributed by atoms with Crippen LogP contribution in [-0.2, 0) is 11.3 Å². The number of nitrogens with one attached hydrogen (secondary N) is 2. The maximum absolute atomic E-state index is 11.4.